The van der Waals surface area contributed by atoms with Crippen LogP contribution in [0, 0.1) is 6.92 Å². The quantitative estimate of drug-likeness (QED) is 0.765. The molecule has 0 aliphatic heterocycles. The van der Waals surface area contributed by atoms with Crippen molar-refractivity contribution in [3.05, 3.63) is 64.6 Å². The fourth-order valence-corrected chi connectivity index (χ4v) is 2.57. The third kappa shape index (κ3) is 2.55. The Morgan fingerprint density at radius 2 is 2.05 bits per heavy atom. The molecule has 2 N–H and O–H groups in total. The molecule has 0 saturated heterocycles. The lowest BCUT2D eigenvalue weighted by molar-refractivity contribution is 0.679. The van der Waals surface area contributed by atoms with Gasteiger partial charge in [0.2, 0.25) is 0 Å². The highest BCUT2D eigenvalue weighted by atomic mass is 35.5. The number of fused-ring (bicyclic) bond motifs is 1. The molecule has 0 bridgehead atoms. The molecule has 3 rings (SSSR count). The summed E-state index contributed by atoms with van der Waals surface area (Å²) >= 11 is 6.39. The zero-order chi connectivity index (χ0) is 13.9. The molecule has 3 aromatic rings. The number of para-hydroxylation sites is 1. The number of H-pyrrole nitrogens is 1. The average Bonchev–Trinajstić information content (AvgIpc) is 2.78. The van der Waals surface area contributed by atoms with Crippen LogP contribution in [0.4, 0.5) is 0 Å². The SMILES string of the molecule is Cc1ccncc1CNCc1[nH]c2ccccc2c1Cl. The zero-order valence-corrected chi connectivity index (χ0v) is 12.0. The van der Waals surface area contributed by atoms with Crippen molar-refractivity contribution >= 4 is 22.5 Å². The van der Waals surface area contributed by atoms with E-state index < -0.39 is 0 Å². The first kappa shape index (κ1) is 13.2. The smallest absolute Gasteiger partial charge is 0.0705 e. The van der Waals surface area contributed by atoms with E-state index in [1.54, 1.807) is 0 Å². The van der Waals surface area contributed by atoms with E-state index in [4.69, 9.17) is 11.6 Å². The van der Waals surface area contributed by atoms with Crippen LogP contribution in [0.5, 0.6) is 0 Å². The minimum Gasteiger partial charge on any atom is -0.356 e. The number of pyridine rings is 1. The van der Waals surface area contributed by atoms with E-state index >= 15 is 0 Å². The number of nitrogens with zero attached hydrogens (tertiary/aromatic N) is 1. The summed E-state index contributed by atoms with van der Waals surface area (Å²) in [4.78, 5) is 7.50. The van der Waals surface area contributed by atoms with Gasteiger partial charge >= 0.3 is 0 Å². The first-order valence-corrected chi connectivity index (χ1v) is 6.99. The van der Waals surface area contributed by atoms with Crippen LogP contribution in [0.15, 0.2) is 42.7 Å². The van der Waals surface area contributed by atoms with Gasteiger partial charge in [-0.3, -0.25) is 4.98 Å². The van der Waals surface area contributed by atoms with Crippen LogP contribution in [-0.2, 0) is 13.1 Å². The molecule has 2 aromatic heterocycles. The van der Waals surface area contributed by atoms with Crippen molar-refractivity contribution in [1.29, 1.82) is 0 Å². The van der Waals surface area contributed by atoms with Crippen molar-refractivity contribution < 1.29 is 0 Å². The molecule has 0 atom stereocenters. The van der Waals surface area contributed by atoms with Crippen molar-refractivity contribution in [2.24, 2.45) is 0 Å². The Bertz CT molecular complexity index is 733. The minimum atomic E-state index is 0.710. The molecule has 2 heterocycles. The van der Waals surface area contributed by atoms with Gasteiger partial charge in [-0.1, -0.05) is 29.8 Å². The summed E-state index contributed by atoms with van der Waals surface area (Å²) in [5.74, 6) is 0. The van der Waals surface area contributed by atoms with Gasteiger partial charge in [0.1, 0.15) is 0 Å². The number of nitrogens with one attached hydrogen (secondary N) is 2. The summed E-state index contributed by atoms with van der Waals surface area (Å²) in [5, 5.41) is 5.28. The van der Waals surface area contributed by atoms with E-state index in [2.05, 4.69) is 22.2 Å². The molecule has 0 spiro atoms. The summed E-state index contributed by atoms with van der Waals surface area (Å²) in [6.07, 6.45) is 3.71. The second-order valence-electron chi connectivity index (χ2n) is 4.87. The summed E-state index contributed by atoms with van der Waals surface area (Å²) < 4.78 is 0. The highest BCUT2D eigenvalue weighted by molar-refractivity contribution is 6.36. The van der Waals surface area contributed by atoms with E-state index in [9.17, 15) is 0 Å². The van der Waals surface area contributed by atoms with Crippen LogP contribution >= 0.6 is 11.6 Å². The minimum absolute atomic E-state index is 0.710. The third-order valence-electron chi connectivity index (χ3n) is 3.48. The van der Waals surface area contributed by atoms with Crippen LogP contribution in [-0.4, -0.2) is 9.97 Å². The lowest BCUT2D eigenvalue weighted by Crippen LogP contribution is -2.14. The van der Waals surface area contributed by atoms with Gasteiger partial charge in [0, 0.05) is 42.1 Å². The number of aromatic amines is 1. The van der Waals surface area contributed by atoms with Gasteiger partial charge in [0.15, 0.2) is 0 Å². The number of hydrogen-bond acceptors (Lipinski definition) is 2. The van der Waals surface area contributed by atoms with Crippen molar-refractivity contribution in [2.45, 2.75) is 20.0 Å². The molecule has 102 valence electrons. The van der Waals surface area contributed by atoms with E-state index in [0.717, 1.165) is 28.2 Å². The number of benzene rings is 1. The number of aromatic nitrogens is 2. The maximum absolute atomic E-state index is 6.39. The van der Waals surface area contributed by atoms with E-state index in [0.29, 0.717) is 6.54 Å². The first-order valence-electron chi connectivity index (χ1n) is 6.61. The van der Waals surface area contributed by atoms with Crippen LogP contribution in [0.3, 0.4) is 0 Å². The molecule has 0 unspecified atom stereocenters. The number of halogens is 1. The van der Waals surface area contributed by atoms with Gasteiger partial charge in [-0.05, 0) is 30.2 Å². The second-order valence-corrected chi connectivity index (χ2v) is 5.25. The van der Waals surface area contributed by atoms with Crippen molar-refractivity contribution in [3.8, 4) is 0 Å². The Hall–Kier alpha value is -1.84. The largest absolute Gasteiger partial charge is 0.356 e. The van der Waals surface area contributed by atoms with Gasteiger partial charge in [-0.15, -0.1) is 0 Å². The highest BCUT2D eigenvalue weighted by Crippen LogP contribution is 2.26. The average molecular weight is 286 g/mol. The molecule has 0 aliphatic rings. The maximum atomic E-state index is 6.39. The summed E-state index contributed by atoms with van der Waals surface area (Å²) in [6.45, 7) is 3.59. The molecule has 20 heavy (non-hydrogen) atoms. The van der Waals surface area contributed by atoms with Crippen LogP contribution in [0.25, 0.3) is 10.9 Å². The number of rotatable bonds is 4. The fourth-order valence-electron chi connectivity index (χ4n) is 2.29. The molecular weight excluding hydrogens is 270 g/mol. The highest BCUT2D eigenvalue weighted by Gasteiger charge is 2.08. The molecular formula is C16H16ClN3. The molecule has 0 radical (unpaired) electrons. The Morgan fingerprint density at radius 3 is 2.85 bits per heavy atom. The molecule has 0 fully saturated rings. The molecule has 4 heteroatoms. The maximum Gasteiger partial charge on any atom is 0.0705 e. The van der Waals surface area contributed by atoms with Gasteiger partial charge in [-0.25, -0.2) is 0 Å². The fraction of sp³-hybridized carbons (Fsp3) is 0.188. The molecule has 1 aromatic carbocycles. The number of hydrogen-bond donors (Lipinski definition) is 2. The molecule has 0 amide bonds. The monoisotopic (exact) mass is 285 g/mol. The van der Waals surface area contributed by atoms with E-state index in [1.165, 1.54) is 11.1 Å². The standard InChI is InChI=1S/C16H16ClN3/c1-11-6-7-18-8-12(11)9-19-10-15-16(17)13-4-2-3-5-14(13)20-15/h2-8,19-20H,9-10H2,1H3. The summed E-state index contributed by atoms with van der Waals surface area (Å²) in [6, 6.07) is 10.1. The second kappa shape index (κ2) is 5.65. The zero-order valence-electron chi connectivity index (χ0n) is 11.3. The Labute approximate surface area is 123 Å². The van der Waals surface area contributed by atoms with Crippen molar-refractivity contribution in [2.75, 3.05) is 0 Å². The van der Waals surface area contributed by atoms with Gasteiger partial charge < -0.3 is 10.3 Å². The summed E-state index contributed by atoms with van der Waals surface area (Å²) in [5.41, 5.74) is 4.55. The van der Waals surface area contributed by atoms with Gasteiger partial charge in [-0.2, -0.15) is 0 Å². The molecule has 0 saturated carbocycles. The summed E-state index contributed by atoms with van der Waals surface area (Å²) in [7, 11) is 0. The van der Waals surface area contributed by atoms with Crippen molar-refractivity contribution in [3.63, 3.8) is 0 Å². The van der Waals surface area contributed by atoms with Crippen molar-refractivity contribution in [1.82, 2.24) is 15.3 Å². The first-order chi connectivity index (χ1) is 9.75. The Morgan fingerprint density at radius 1 is 1.20 bits per heavy atom. The molecule has 3 nitrogen and oxygen atoms in total. The topological polar surface area (TPSA) is 40.7 Å². The Balaban J connectivity index is 1.71. The Kier molecular flexibility index (Phi) is 3.72. The van der Waals surface area contributed by atoms with Crippen LogP contribution < -0.4 is 5.32 Å². The predicted octanol–water partition coefficient (Wildman–Crippen LogP) is 3.81. The van der Waals surface area contributed by atoms with E-state index in [-0.39, 0.29) is 0 Å². The normalized spacial score (nSPS) is 11.1. The predicted molar refractivity (Wildman–Crippen MR) is 82.8 cm³/mol. The lowest BCUT2D eigenvalue weighted by atomic mass is 10.1. The van der Waals surface area contributed by atoms with Gasteiger partial charge in [0.05, 0.1) is 5.02 Å². The lowest BCUT2D eigenvalue weighted by Gasteiger charge is -2.06. The van der Waals surface area contributed by atoms with Gasteiger partial charge in [0.25, 0.3) is 0 Å². The van der Waals surface area contributed by atoms with Crippen LogP contribution in [0.1, 0.15) is 16.8 Å². The number of aryl methyl sites for hydroxylation is 1. The van der Waals surface area contributed by atoms with E-state index in [1.807, 2.05) is 42.7 Å². The molecule has 0 aliphatic carbocycles. The third-order valence-corrected chi connectivity index (χ3v) is 3.91. The van der Waals surface area contributed by atoms with Crippen LogP contribution in [0.2, 0.25) is 5.02 Å².